The average molecular weight is 406 g/mol. The van der Waals surface area contributed by atoms with Gasteiger partial charge in [-0.3, -0.25) is 0 Å². The van der Waals surface area contributed by atoms with E-state index < -0.39 is 0 Å². The Labute approximate surface area is 177 Å². The van der Waals surface area contributed by atoms with E-state index in [0.29, 0.717) is 43.1 Å². The predicted octanol–water partition coefficient (Wildman–Crippen LogP) is 3.38. The summed E-state index contributed by atoms with van der Waals surface area (Å²) in [7, 11) is 0. The first-order valence-electron chi connectivity index (χ1n) is 11.0. The number of nitriles is 1. The zero-order chi connectivity index (χ0) is 20.3. The lowest BCUT2D eigenvalue weighted by atomic mass is 9.83. The normalized spacial score (nSPS) is 19.6. The van der Waals surface area contributed by atoms with Crippen LogP contribution in [0.25, 0.3) is 0 Å². The van der Waals surface area contributed by atoms with Crippen molar-refractivity contribution in [3.8, 4) is 11.9 Å². The smallest absolute Gasteiger partial charge is 0.216 e. The summed E-state index contributed by atoms with van der Waals surface area (Å²) in [5.74, 6) is 2.60. The molecule has 4 heterocycles. The van der Waals surface area contributed by atoms with Gasteiger partial charge < -0.3 is 14.4 Å². The highest BCUT2D eigenvalue weighted by Gasteiger charge is 2.25. The van der Waals surface area contributed by atoms with Crippen LogP contribution in [-0.4, -0.2) is 41.3 Å². The van der Waals surface area contributed by atoms with E-state index in [1.807, 2.05) is 12.1 Å². The molecule has 0 aromatic carbocycles. The fraction of sp³-hybridized carbons (Fsp3) is 0.565. The molecular weight excluding hydrogens is 378 g/mol. The van der Waals surface area contributed by atoms with Gasteiger partial charge in [-0.2, -0.15) is 5.26 Å². The van der Waals surface area contributed by atoms with Crippen molar-refractivity contribution < 1.29 is 9.47 Å². The number of piperidine rings is 1. The summed E-state index contributed by atoms with van der Waals surface area (Å²) in [4.78, 5) is 15.8. The van der Waals surface area contributed by atoms with Gasteiger partial charge in [0.15, 0.2) is 0 Å². The highest BCUT2D eigenvalue weighted by Crippen LogP contribution is 2.36. The van der Waals surface area contributed by atoms with Crippen LogP contribution in [0.2, 0.25) is 0 Å². The van der Waals surface area contributed by atoms with Crippen molar-refractivity contribution in [2.45, 2.75) is 51.0 Å². The van der Waals surface area contributed by atoms with Crippen LogP contribution in [0.3, 0.4) is 0 Å². The molecule has 2 aliphatic heterocycles. The Balaban J connectivity index is 1.18. The van der Waals surface area contributed by atoms with Gasteiger partial charge in [-0.15, -0.1) is 0 Å². The van der Waals surface area contributed by atoms with Gasteiger partial charge in [-0.05, 0) is 37.7 Å². The van der Waals surface area contributed by atoms with E-state index in [4.69, 9.17) is 14.5 Å². The quantitative estimate of drug-likeness (QED) is 0.754. The standard InChI is InChI=1S/C23H27N5O2/c24-12-18-10-19-14-29-9-6-20(19)27-23(18)28-7-4-16(5-8-28)13-30-22-11-21(25-15-26-22)17-2-1-3-17/h10-11,15-17H,1-9,13-14H2. The van der Waals surface area contributed by atoms with Crippen LogP contribution >= 0.6 is 0 Å². The molecule has 0 amide bonds. The van der Waals surface area contributed by atoms with Gasteiger partial charge in [-0.1, -0.05) is 6.42 Å². The monoisotopic (exact) mass is 405 g/mol. The largest absolute Gasteiger partial charge is 0.477 e. The molecule has 7 heteroatoms. The SMILES string of the molecule is N#Cc1cc2c(nc1N1CCC(COc3cc(C4CCC4)ncn3)CC1)CCOC2. The van der Waals surface area contributed by atoms with Crippen LogP contribution in [-0.2, 0) is 17.8 Å². The molecule has 0 spiro atoms. The Morgan fingerprint density at radius 3 is 2.80 bits per heavy atom. The number of rotatable bonds is 5. The summed E-state index contributed by atoms with van der Waals surface area (Å²) in [5.41, 5.74) is 3.90. The Morgan fingerprint density at radius 2 is 2.03 bits per heavy atom. The zero-order valence-electron chi connectivity index (χ0n) is 17.2. The minimum absolute atomic E-state index is 0.486. The van der Waals surface area contributed by atoms with Crippen molar-refractivity contribution in [1.82, 2.24) is 15.0 Å². The Kier molecular flexibility index (Phi) is 5.50. The van der Waals surface area contributed by atoms with Crippen molar-refractivity contribution in [2.24, 2.45) is 5.92 Å². The van der Waals surface area contributed by atoms with Gasteiger partial charge in [0, 0.05) is 37.1 Å². The molecule has 1 saturated carbocycles. The molecule has 2 aromatic heterocycles. The summed E-state index contributed by atoms with van der Waals surface area (Å²) in [6.07, 6.45) is 8.24. The van der Waals surface area contributed by atoms with E-state index in [1.54, 1.807) is 6.33 Å². The molecule has 0 atom stereocenters. The Hall–Kier alpha value is -2.72. The molecule has 156 valence electrons. The Bertz CT molecular complexity index is 945. The summed E-state index contributed by atoms with van der Waals surface area (Å²) in [5, 5.41) is 9.61. The molecule has 2 fully saturated rings. The molecule has 0 N–H and O–H groups in total. The number of nitrogens with zero attached hydrogens (tertiary/aromatic N) is 5. The third-order valence-corrected chi connectivity index (χ3v) is 6.60. The van der Waals surface area contributed by atoms with E-state index in [-0.39, 0.29) is 0 Å². The van der Waals surface area contributed by atoms with Crippen LogP contribution in [0.4, 0.5) is 5.82 Å². The maximum Gasteiger partial charge on any atom is 0.216 e. The van der Waals surface area contributed by atoms with Crippen LogP contribution in [0.1, 0.15) is 60.5 Å². The maximum absolute atomic E-state index is 9.61. The van der Waals surface area contributed by atoms with Gasteiger partial charge in [-0.25, -0.2) is 15.0 Å². The molecule has 1 aliphatic carbocycles. The highest BCUT2D eigenvalue weighted by atomic mass is 16.5. The van der Waals surface area contributed by atoms with Crippen molar-refractivity contribution in [3.05, 3.63) is 41.0 Å². The first kappa shape index (κ1) is 19.3. The number of hydrogen-bond donors (Lipinski definition) is 0. The van der Waals surface area contributed by atoms with Crippen molar-refractivity contribution >= 4 is 5.82 Å². The average Bonchev–Trinajstić information content (AvgIpc) is 2.76. The lowest BCUT2D eigenvalue weighted by Gasteiger charge is -2.33. The molecule has 0 bridgehead atoms. The molecule has 1 saturated heterocycles. The highest BCUT2D eigenvalue weighted by molar-refractivity contribution is 5.56. The molecule has 0 radical (unpaired) electrons. The predicted molar refractivity (Wildman–Crippen MR) is 111 cm³/mol. The van der Waals surface area contributed by atoms with Gasteiger partial charge in [0.2, 0.25) is 5.88 Å². The third kappa shape index (κ3) is 3.97. The van der Waals surface area contributed by atoms with Crippen molar-refractivity contribution in [3.63, 3.8) is 0 Å². The maximum atomic E-state index is 9.61. The van der Waals surface area contributed by atoms with E-state index in [1.165, 1.54) is 19.3 Å². The van der Waals surface area contributed by atoms with Crippen molar-refractivity contribution in [1.29, 1.82) is 5.26 Å². The Morgan fingerprint density at radius 1 is 1.17 bits per heavy atom. The van der Waals surface area contributed by atoms with E-state index >= 15 is 0 Å². The minimum Gasteiger partial charge on any atom is -0.477 e. The van der Waals surface area contributed by atoms with Gasteiger partial charge >= 0.3 is 0 Å². The fourth-order valence-electron chi connectivity index (χ4n) is 4.47. The molecule has 7 nitrogen and oxygen atoms in total. The summed E-state index contributed by atoms with van der Waals surface area (Å²) in [6, 6.07) is 6.30. The molecule has 0 unspecified atom stereocenters. The number of hydrogen-bond acceptors (Lipinski definition) is 7. The first-order valence-corrected chi connectivity index (χ1v) is 11.0. The lowest BCUT2D eigenvalue weighted by Crippen LogP contribution is -2.37. The van der Waals surface area contributed by atoms with Gasteiger partial charge in [0.1, 0.15) is 18.2 Å². The van der Waals surface area contributed by atoms with Crippen LogP contribution in [0.5, 0.6) is 5.88 Å². The summed E-state index contributed by atoms with van der Waals surface area (Å²) in [6.45, 7) is 3.72. The summed E-state index contributed by atoms with van der Waals surface area (Å²) < 4.78 is 11.5. The molecule has 3 aliphatic rings. The number of anilines is 1. The first-order chi connectivity index (χ1) is 14.8. The number of ether oxygens (including phenoxy) is 2. The lowest BCUT2D eigenvalue weighted by molar-refractivity contribution is 0.109. The third-order valence-electron chi connectivity index (χ3n) is 6.60. The second-order valence-corrected chi connectivity index (χ2v) is 8.53. The fourth-order valence-corrected chi connectivity index (χ4v) is 4.47. The number of pyridine rings is 1. The van der Waals surface area contributed by atoms with Crippen LogP contribution in [0.15, 0.2) is 18.5 Å². The number of fused-ring (bicyclic) bond motifs is 1. The molecular formula is C23H27N5O2. The topological polar surface area (TPSA) is 84.2 Å². The van der Waals surface area contributed by atoms with E-state index in [9.17, 15) is 5.26 Å². The molecule has 5 rings (SSSR count). The zero-order valence-corrected chi connectivity index (χ0v) is 17.2. The van der Waals surface area contributed by atoms with Gasteiger partial charge in [0.25, 0.3) is 0 Å². The van der Waals surface area contributed by atoms with Crippen molar-refractivity contribution in [2.75, 3.05) is 31.2 Å². The minimum atomic E-state index is 0.486. The van der Waals surface area contributed by atoms with E-state index in [0.717, 1.165) is 55.1 Å². The van der Waals surface area contributed by atoms with Crippen LogP contribution in [0, 0.1) is 17.2 Å². The number of aromatic nitrogens is 3. The molecule has 2 aromatic rings. The summed E-state index contributed by atoms with van der Waals surface area (Å²) >= 11 is 0. The van der Waals surface area contributed by atoms with E-state index in [2.05, 4.69) is 20.9 Å². The van der Waals surface area contributed by atoms with Crippen LogP contribution < -0.4 is 9.64 Å². The van der Waals surface area contributed by atoms with Gasteiger partial charge in [0.05, 0.1) is 36.8 Å². The second-order valence-electron chi connectivity index (χ2n) is 8.53. The molecule has 30 heavy (non-hydrogen) atoms. The second kappa shape index (κ2) is 8.57.